The summed E-state index contributed by atoms with van der Waals surface area (Å²) in [4.78, 5) is 12.0. The number of carbonyl (C=O) groups excluding carboxylic acids is 1. The first-order valence-electron chi connectivity index (χ1n) is 8.20. The van der Waals surface area contributed by atoms with Gasteiger partial charge in [-0.3, -0.25) is 4.79 Å². The summed E-state index contributed by atoms with van der Waals surface area (Å²) in [7, 11) is 0. The average molecular weight is 332 g/mol. The zero-order chi connectivity index (χ0) is 17.5. The second-order valence-corrected chi connectivity index (χ2v) is 5.80. The summed E-state index contributed by atoms with van der Waals surface area (Å²) in [6, 6.07) is 21.3. The Kier molecular flexibility index (Phi) is 5.36. The first-order valence-corrected chi connectivity index (χ1v) is 8.20. The molecule has 0 aliphatic carbocycles. The van der Waals surface area contributed by atoms with E-state index in [2.05, 4.69) is 20.8 Å². The minimum atomic E-state index is 0.00830. The zero-order valence-corrected chi connectivity index (χ0v) is 14.1. The van der Waals surface area contributed by atoms with Crippen molar-refractivity contribution in [2.45, 2.75) is 19.8 Å². The van der Waals surface area contributed by atoms with Crippen molar-refractivity contribution in [1.82, 2.24) is 10.2 Å². The van der Waals surface area contributed by atoms with Gasteiger partial charge >= 0.3 is 0 Å². The van der Waals surface area contributed by atoms with Gasteiger partial charge in [-0.1, -0.05) is 30.3 Å². The maximum absolute atomic E-state index is 12.0. The van der Waals surface area contributed by atoms with Crippen LogP contribution in [0.3, 0.4) is 0 Å². The van der Waals surface area contributed by atoms with Gasteiger partial charge in [0.15, 0.2) is 5.82 Å². The van der Waals surface area contributed by atoms with Crippen molar-refractivity contribution in [3.8, 4) is 0 Å². The Morgan fingerprint density at radius 2 is 1.60 bits per heavy atom. The SMILES string of the molecule is Cc1ccc(Nc2ccc(NC(=O)CCc3ccccc3)cc2)nn1. The Morgan fingerprint density at radius 3 is 2.28 bits per heavy atom. The highest BCUT2D eigenvalue weighted by atomic mass is 16.1. The molecule has 0 saturated heterocycles. The van der Waals surface area contributed by atoms with Gasteiger partial charge in [0.2, 0.25) is 5.91 Å². The van der Waals surface area contributed by atoms with Gasteiger partial charge in [-0.2, -0.15) is 5.10 Å². The zero-order valence-electron chi connectivity index (χ0n) is 14.1. The fraction of sp³-hybridized carbons (Fsp3) is 0.150. The van der Waals surface area contributed by atoms with Gasteiger partial charge < -0.3 is 10.6 Å². The molecule has 2 aromatic carbocycles. The summed E-state index contributed by atoms with van der Waals surface area (Å²) in [6.45, 7) is 1.89. The number of hydrogen-bond donors (Lipinski definition) is 2. The lowest BCUT2D eigenvalue weighted by Gasteiger charge is -2.08. The molecule has 1 heterocycles. The molecule has 126 valence electrons. The molecule has 5 nitrogen and oxygen atoms in total. The van der Waals surface area contributed by atoms with Crippen LogP contribution in [0.2, 0.25) is 0 Å². The molecule has 0 unspecified atom stereocenters. The van der Waals surface area contributed by atoms with E-state index in [0.29, 0.717) is 12.2 Å². The normalized spacial score (nSPS) is 10.3. The fourth-order valence-electron chi connectivity index (χ4n) is 2.38. The van der Waals surface area contributed by atoms with E-state index < -0.39 is 0 Å². The second-order valence-electron chi connectivity index (χ2n) is 5.80. The molecule has 0 radical (unpaired) electrons. The summed E-state index contributed by atoms with van der Waals surface area (Å²) in [6.07, 6.45) is 1.20. The lowest BCUT2D eigenvalue weighted by molar-refractivity contribution is -0.116. The number of anilines is 3. The van der Waals surface area contributed by atoms with Gasteiger partial charge in [0.25, 0.3) is 0 Å². The molecule has 5 heteroatoms. The summed E-state index contributed by atoms with van der Waals surface area (Å²) in [5.41, 5.74) is 3.70. The number of nitrogens with one attached hydrogen (secondary N) is 2. The summed E-state index contributed by atoms with van der Waals surface area (Å²) < 4.78 is 0. The van der Waals surface area contributed by atoms with E-state index in [1.165, 1.54) is 0 Å². The van der Waals surface area contributed by atoms with E-state index in [0.717, 1.165) is 29.1 Å². The van der Waals surface area contributed by atoms with Gasteiger partial charge in [-0.15, -0.1) is 5.10 Å². The molecule has 0 atom stereocenters. The number of carbonyl (C=O) groups is 1. The number of nitrogens with zero attached hydrogens (tertiary/aromatic N) is 2. The Balaban J connectivity index is 1.51. The van der Waals surface area contributed by atoms with Crippen LogP contribution in [0, 0.1) is 6.92 Å². The maximum atomic E-state index is 12.0. The molecule has 0 spiro atoms. The summed E-state index contributed by atoms with van der Waals surface area (Å²) in [5, 5.41) is 14.2. The molecule has 0 saturated carbocycles. The minimum absolute atomic E-state index is 0.00830. The number of amides is 1. The fourth-order valence-corrected chi connectivity index (χ4v) is 2.38. The Morgan fingerprint density at radius 1 is 0.880 bits per heavy atom. The lowest BCUT2D eigenvalue weighted by atomic mass is 10.1. The van der Waals surface area contributed by atoms with E-state index in [4.69, 9.17) is 0 Å². The third-order valence-electron chi connectivity index (χ3n) is 3.72. The molecule has 3 aromatic rings. The number of rotatable bonds is 6. The van der Waals surface area contributed by atoms with Gasteiger partial charge in [-0.05, 0) is 55.3 Å². The first-order chi connectivity index (χ1) is 12.2. The van der Waals surface area contributed by atoms with Crippen LogP contribution >= 0.6 is 0 Å². The summed E-state index contributed by atoms with van der Waals surface area (Å²) in [5.74, 6) is 0.694. The van der Waals surface area contributed by atoms with Gasteiger partial charge in [0.1, 0.15) is 0 Å². The van der Waals surface area contributed by atoms with Crippen molar-refractivity contribution in [2.24, 2.45) is 0 Å². The second kappa shape index (κ2) is 8.06. The molecule has 0 aliphatic rings. The van der Waals surface area contributed by atoms with Crippen LogP contribution in [0.15, 0.2) is 66.7 Å². The Bertz CT molecular complexity index is 815. The van der Waals surface area contributed by atoms with Crippen molar-refractivity contribution >= 4 is 23.1 Å². The molecular formula is C20H20N4O. The standard InChI is InChI=1S/C20H20N4O/c1-15-7-13-19(24-23-15)21-17-9-11-18(12-10-17)22-20(25)14-8-16-5-3-2-4-6-16/h2-7,9-13H,8,14H2,1H3,(H,21,24)(H,22,25). The number of hydrogen-bond acceptors (Lipinski definition) is 4. The number of benzene rings is 2. The molecule has 3 rings (SSSR count). The topological polar surface area (TPSA) is 66.9 Å². The monoisotopic (exact) mass is 332 g/mol. The van der Waals surface area contributed by atoms with Crippen LogP contribution in [-0.4, -0.2) is 16.1 Å². The molecule has 2 N–H and O–H groups in total. The van der Waals surface area contributed by atoms with E-state index >= 15 is 0 Å². The van der Waals surface area contributed by atoms with E-state index in [9.17, 15) is 4.79 Å². The van der Waals surface area contributed by atoms with E-state index in [1.807, 2.05) is 73.7 Å². The minimum Gasteiger partial charge on any atom is -0.339 e. The summed E-state index contributed by atoms with van der Waals surface area (Å²) >= 11 is 0. The van der Waals surface area contributed by atoms with Crippen LogP contribution in [0.5, 0.6) is 0 Å². The highest BCUT2D eigenvalue weighted by Gasteiger charge is 2.04. The van der Waals surface area contributed by atoms with Crippen molar-refractivity contribution in [3.63, 3.8) is 0 Å². The predicted octanol–water partition coefficient (Wildman–Crippen LogP) is 4.10. The average Bonchev–Trinajstić information content (AvgIpc) is 2.64. The molecule has 0 aliphatic heterocycles. The van der Waals surface area contributed by atoms with Crippen LogP contribution < -0.4 is 10.6 Å². The van der Waals surface area contributed by atoms with Crippen molar-refractivity contribution in [2.75, 3.05) is 10.6 Å². The Hall–Kier alpha value is -3.21. The third-order valence-corrected chi connectivity index (χ3v) is 3.72. The van der Waals surface area contributed by atoms with Gasteiger partial charge in [0, 0.05) is 17.8 Å². The van der Waals surface area contributed by atoms with E-state index in [1.54, 1.807) is 0 Å². The molecule has 1 amide bonds. The number of aryl methyl sites for hydroxylation is 2. The van der Waals surface area contributed by atoms with E-state index in [-0.39, 0.29) is 5.91 Å². The van der Waals surface area contributed by atoms with Crippen LogP contribution in [0.4, 0.5) is 17.2 Å². The quantitative estimate of drug-likeness (QED) is 0.713. The predicted molar refractivity (Wildman–Crippen MR) is 99.9 cm³/mol. The van der Waals surface area contributed by atoms with Gasteiger partial charge in [0.05, 0.1) is 5.69 Å². The molecule has 25 heavy (non-hydrogen) atoms. The molecule has 1 aromatic heterocycles. The maximum Gasteiger partial charge on any atom is 0.224 e. The van der Waals surface area contributed by atoms with Gasteiger partial charge in [-0.25, -0.2) is 0 Å². The molecular weight excluding hydrogens is 312 g/mol. The molecule has 0 bridgehead atoms. The Labute approximate surface area is 147 Å². The van der Waals surface area contributed by atoms with Crippen molar-refractivity contribution in [3.05, 3.63) is 78.0 Å². The number of aromatic nitrogens is 2. The van der Waals surface area contributed by atoms with Crippen LogP contribution in [0.25, 0.3) is 0 Å². The highest BCUT2D eigenvalue weighted by Crippen LogP contribution is 2.17. The lowest BCUT2D eigenvalue weighted by Crippen LogP contribution is -2.12. The van der Waals surface area contributed by atoms with Crippen LogP contribution in [0.1, 0.15) is 17.7 Å². The van der Waals surface area contributed by atoms with Crippen molar-refractivity contribution in [1.29, 1.82) is 0 Å². The van der Waals surface area contributed by atoms with Crippen LogP contribution in [-0.2, 0) is 11.2 Å². The highest BCUT2D eigenvalue weighted by molar-refractivity contribution is 5.91. The molecule has 0 fully saturated rings. The smallest absolute Gasteiger partial charge is 0.224 e. The third kappa shape index (κ3) is 5.14. The van der Waals surface area contributed by atoms with Crippen molar-refractivity contribution < 1.29 is 4.79 Å². The largest absolute Gasteiger partial charge is 0.339 e. The first kappa shape index (κ1) is 16.6.